The maximum absolute atomic E-state index is 5.56. The topological polar surface area (TPSA) is 48.9 Å². The number of rotatable bonds is 11. The lowest BCUT2D eigenvalue weighted by atomic mass is 10.1. The number of aliphatic imine (C=N–C) groups is 1. The van der Waals surface area contributed by atoms with Crippen LogP contribution in [0.3, 0.4) is 0 Å². The SMILES string of the molecule is CCCCOCCCNC(=NC)NCC(C)CN1CCCC1.I. The third-order valence-corrected chi connectivity index (χ3v) is 4.01. The molecule has 0 aromatic rings. The van der Waals surface area contributed by atoms with Crippen LogP contribution in [0, 0.1) is 5.92 Å². The summed E-state index contributed by atoms with van der Waals surface area (Å²) >= 11 is 0. The molecule has 138 valence electrons. The highest BCUT2D eigenvalue weighted by Crippen LogP contribution is 2.09. The third-order valence-electron chi connectivity index (χ3n) is 4.01. The molecular formula is C17H37IN4O. The molecule has 1 saturated heterocycles. The van der Waals surface area contributed by atoms with Gasteiger partial charge in [0, 0.05) is 39.9 Å². The molecule has 0 aliphatic carbocycles. The van der Waals surface area contributed by atoms with Crippen LogP contribution in [-0.2, 0) is 4.74 Å². The number of nitrogens with one attached hydrogen (secondary N) is 2. The molecule has 5 nitrogen and oxygen atoms in total. The molecule has 1 rings (SSSR count). The Kier molecular flexibility index (Phi) is 15.4. The van der Waals surface area contributed by atoms with Crippen molar-refractivity contribution >= 4 is 29.9 Å². The van der Waals surface area contributed by atoms with Crippen LogP contribution in [0.1, 0.15) is 46.0 Å². The summed E-state index contributed by atoms with van der Waals surface area (Å²) in [7, 11) is 1.83. The van der Waals surface area contributed by atoms with E-state index in [1.165, 1.54) is 38.9 Å². The predicted molar refractivity (Wildman–Crippen MR) is 110 cm³/mol. The van der Waals surface area contributed by atoms with Crippen LogP contribution in [-0.4, -0.2) is 63.8 Å². The Morgan fingerprint density at radius 1 is 1.17 bits per heavy atom. The van der Waals surface area contributed by atoms with E-state index in [1.54, 1.807) is 0 Å². The van der Waals surface area contributed by atoms with Crippen LogP contribution in [0.15, 0.2) is 4.99 Å². The van der Waals surface area contributed by atoms with E-state index in [1.807, 2.05) is 7.05 Å². The lowest BCUT2D eigenvalue weighted by Crippen LogP contribution is -2.41. The minimum atomic E-state index is 0. The van der Waals surface area contributed by atoms with Crippen molar-refractivity contribution in [3.63, 3.8) is 0 Å². The molecule has 0 bridgehead atoms. The molecule has 1 aliphatic rings. The molecule has 1 heterocycles. The maximum Gasteiger partial charge on any atom is 0.190 e. The highest BCUT2D eigenvalue weighted by atomic mass is 127. The van der Waals surface area contributed by atoms with E-state index in [2.05, 4.69) is 34.4 Å². The number of likely N-dealkylation sites (tertiary alicyclic amines) is 1. The zero-order valence-electron chi connectivity index (χ0n) is 15.3. The van der Waals surface area contributed by atoms with Crippen molar-refractivity contribution in [1.29, 1.82) is 0 Å². The Bertz CT molecular complexity index is 296. The lowest BCUT2D eigenvalue weighted by molar-refractivity contribution is 0.129. The molecule has 2 N–H and O–H groups in total. The van der Waals surface area contributed by atoms with Crippen LogP contribution in [0.25, 0.3) is 0 Å². The number of ether oxygens (including phenoxy) is 1. The molecule has 0 radical (unpaired) electrons. The quantitative estimate of drug-likeness (QED) is 0.225. The minimum absolute atomic E-state index is 0. The monoisotopic (exact) mass is 440 g/mol. The van der Waals surface area contributed by atoms with Crippen molar-refractivity contribution in [2.24, 2.45) is 10.9 Å². The number of halogens is 1. The van der Waals surface area contributed by atoms with Crippen LogP contribution in [0.2, 0.25) is 0 Å². The van der Waals surface area contributed by atoms with E-state index in [4.69, 9.17) is 4.74 Å². The summed E-state index contributed by atoms with van der Waals surface area (Å²) in [6, 6.07) is 0. The fraction of sp³-hybridized carbons (Fsp3) is 0.941. The molecule has 0 amide bonds. The highest BCUT2D eigenvalue weighted by Gasteiger charge is 2.14. The highest BCUT2D eigenvalue weighted by molar-refractivity contribution is 14.0. The molecule has 6 heteroatoms. The number of hydrogen-bond donors (Lipinski definition) is 2. The summed E-state index contributed by atoms with van der Waals surface area (Å²) in [5.74, 6) is 1.55. The van der Waals surface area contributed by atoms with Gasteiger partial charge in [0.25, 0.3) is 0 Å². The minimum Gasteiger partial charge on any atom is -0.381 e. The standard InChI is InChI=1S/C17H36N4O.HI/c1-4-5-12-22-13-8-9-19-17(18-3)20-14-16(2)15-21-10-6-7-11-21;/h16H,4-15H2,1-3H3,(H2,18,19,20);1H. The van der Waals surface area contributed by atoms with E-state index < -0.39 is 0 Å². The van der Waals surface area contributed by atoms with Crippen molar-refractivity contribution in [2.75, 3.05) is 53.0 Å². The Hall–Kier alpha value is -0.0800. The second-order valence-electron chi connectivity index (χ2n) is 6.31. The lowest BCUT2D eigenvalue weighted by Gasteiger charge is -2.21. The summed E-state index contributed by atoms with van der Waals surface area (Å²) in [4.78, 5) is 6.84. The van der Waals surface area contributed by atoms with E-state index in [0.29, 0.717) is 5.92 Å². The van der Waals surface area contributed by atoms with Crippen LogP contribution >= 0.6 is 24.0 Å². The first-order valence-corrected chi connectivity index (χ1v) is 9.00. The Labute approximate surface area is 160 Å². The Morgan fingerprint density at radius 2 is 1.87 bits per heavy atom. The molecule has 23 heavy (non-hydrogen) atoms. The van der Waals surface area contributed by atoms with Gasteiger partial charge in [0.05, 0.1) is 0 Å². The van der Waals surface area contributed by atoms with Gasteiger partial charge in [0.1, 0.15) is 0 Å². The zero-order chi connectivity index (χ0) is 16.0. The van der Waals surface area contributed by atoms with Gasteiger partial charge in [-0.1, -0.05) is 20.3 Å². The molecule has 1 unspecified atom stereocenters. The largest absolute Gasteiger partial charge is 0.381 e. The summed E-state index contributed by atoms with van der Waals surface area (Å²) in [5.41, 5.74) is 0. The first-order valence-electron chi connectivity index (χ1n) is 9.00. The van der Waals surface area contributed by atoms with Crippen molar-refractivity contribution in [3.05, 3.63) is 0 Å². The van der Waals surface area contributed by atoms with Gasteiger partial charge >= 0.3 is 0 Å². The van der Waals surface area contributed by atoms with Gasteiger partial charge in [-0.05, 0) is 44.7 Å². The van der Waals surface area contributed by atoms with Crippen LogP contribution in [0.4, 0.5) is 0 Å². The Balaban J connectivity index is 0.00000484. The maximum atomic E-state index is 5.56. The van der Waals surface area contributed by atoms with Gasteiger partial charge in [-0.15, -0.1) is 24.0 Å². The van der Waals surface area contributed by atoms with E-state index in [0.717, 1.165) is 45.1 Å². The number of nitrogens with zero attached hydrogens (tertiary/aromatic N) is 2. The molecule has 1 aliphatic heterocycles. The molecule has 1 fully saturated rings. The number of hydrogen-bond acceptors (Lipinski definition) is 3. The first-order chi connectivity index (χ1) is 10.8. The van der Waals surface area contributed by atoms with Gasteiger partial charge in [-0.3, -0.25) is 4.99 Å². The summed E-state index contributed by atoms with van der Waals surface area (Å²) in [6.45, 7) is 11.8. The van der Waals surface area contributed by atoms with Gasteiger partial charge in [0.2, 0.25) is 0 Å². The molecular weight excluding hydrogens is 403 g/mol. The number of guanidine groups is 1. The summed E-state index contributed by atoms with van der Waals surface area (Å²) < 4.78 is 5.56. The Morgan fingerprint density at radius 3 is 2.52 bits per heavy atom. The second-order valence-corrected chi connectivity index (χ2v) is 6.31. The smallest absolute Gasteiger partial charge is 0.190 e. The second kappa shape index (κ2) is 15.4. The average Bonchev–Trinajstić information content (AvgIpc) is 3.02. The van der Waals surface area contributed by atoms with E-state index in [-0.39, 0.29) is 24.0 Å². The van der Waals surface area contributed by atoms with Crippen LogP contribution < -0.4 is 10.6 Å². The molecule has 0 aromatic carbocycles. The summed E-state index contributed by atoms with van der Waals surface area (Å²) in [6.07, 6.45) is 6.11. The van der Waals surface area contributed by atoms with Gasteiger partial charge in [0.15, 0.2) is 5.96 Å². The number of unbranched alkanes of at least 4 members (excludes halogenated alkanes) is 1. The van der Waals surface area contributed by atoms with E-state index in [9.17, 15) is 0 Å². The third kappa shape index (κ3) is 12.0. The fourth-order valence-electron chi connectivity index (χ4n) is 2.69. The average molecular weight is 440 g/mol. The predicted octanol–water partition coefficient (Wildman–Crippen LogP) is 2.71. The molecule has 0 saturated carbocycles. The fourth-order valence-corrected chi connectivity index (χ4v) is 2.69. The molecule has 0 spiro atoms. The van der Waals surface area contributed by atoms with Gasteiger partial charge in [-0.2, -0.15) is 0 Å². The first kappa shape index (κ1) is 22.9. The van der Waals surface area contributed by atoms with Crippen molar-refractivity contribution in [3.8, 4) is 0 Å². The molecule has 1 atom stereocenters. The van der Waals surface area contributed by atoms with Crippen LogP contribution in [0.5, 0.6) is 0 Å². The van der Waals surface area contributed by atoms with Gasteiger partial charge < -0.3 is 20.3 Å². The van der Waals surface area contributed by atoms with E-state index >= 15 is 0 Å². The normalized spacial score (nSPS) is 16.9. The molecule has 0 aromatic heterocycles. The van der Waals surface area contributed by atoms with Gasteiger partial charge in [-0.25, -0.2) is 0 Å². The van der Waals surface area contributed by atoms with Crippen molar-refractivity contribution in [2.45, 2.75) is 46.0 Å². The summed E-state index contributed by atoms with van der Waals surface area (Å²) in [5, 5.41) is 6.78. The van der Waals surface area contributed by atoms with Crippen molar-refractivity contribution in [1.82, 2.24) is 15.5 Å². The zero-order valence-corrected chi connectivity index (χ0v) is 17.6. The van der Waals surface area contributed by atoms with Crippen molar-refractivity contribution < 1.29 is 4.74 Å².